The molecule has 14 nitrogen and oxygen atoms in total. The molecule has 0 heterocycles. The van der Waals surface area contributed by atoms with Crippen molar-refractivity contribution in [1.29, 1.82) is 0 Å². The molecule has 0 fully saturated rings. The molecule has 5 N–H and O–H groups in total. The van der Waals surface area contributed by atoms with Crippen LogP contribution in [-0.2, 0) is 39.9 Å². The minimum Gasteiger partial charge on any atom is -0.483 e. The fraction of sp³-hybridized carbons (Fsp3) is 0.250. The van der Waals surface area contributed by atoms with Crippen molar-refractivity contribution in [2.24, 2.45) is 0 Å². The Morgan fingerprint density at radius 2 is 1.15 bits per heavy atom. The zero-order valence-corrected chi connectivity index (χ0v) is 23.3. The molecule has 4 rings (SSSR count). The summed E-state index contributed by atoms with van der Waals surface area (Å²) in [5.41, 5.74) is 0. The van der Waals surface area contributed by atoms with Crippen LogP contribution in [0.5, 0.6) is 5.75 Å². The molecule has 0 aliphatic rings. The number of carbonyl (C=O) groups excluding carboxylic acids is 1. The predicted octanol–water partition coefficient (Wildman–Crippen LogP) is 2.46. The van der Waals surface area contributed by atoms with Gasteiger partial charge in [-0.2, -0.15) is 25.3 Å². The van der Waals surface area contributed by atoms with Crippen molar-refractivity contribution in [3.63, 3.8) is 0 Å². The molecule has 4 aromatic rings. The number of carboxylic acids is 1. The van der Waals surface area contributed by atoms with Gasteiger partial charge in [-0.25, -0.2) is 0 Å². The van der Waals surface area contributed by atoms with Crippen LogP contribution >= 0.6 is 0 Å². The number of nitrogens with one attached hydrogen (secondary N) is 1. The second kappa shape index (κ2) is 11.0. The van der Waals surface area contributed by atoms with E-state index < -0.39 is 63.5 Å². The minimum absolute atomic E-state index is 0.000728. The first-order valence-corrected chi connectivity index (χ1v) is 16.1. The molecule has 0 unspecified atom stereocenters. The van der Waals surface area contributed by atoms with Crippen molar-refractivity contribution in [3.05, 3.63) is 36.4 Å². The van der Waals surface area contributed by atoms with Gasteiger partial charge in [0, 0.05) is 51.3 Å². The van der Waals surface area contributed by atoms with E-state index in [9.17, 15) is 48.5 Å². The van der Waals surface area contributed by atoms with Crippen LogP contribution in [0.2, 0.25) is 0 Å². The molecule has 0 bridgehead atoms. The number of hydrogen-bond donors (Lipinski definition) is 5. The zero-order chi connectivity index (χ0) is 30.3. The van der Waals surface area contributed by atoms with Crippen molar-refractivity contribution >= 4 is 74.5 Å². The summed E-state index contributed by atoms with van der Waals surface area (Å²) in [4.78, 5) is 20.4. The van der Waals surface area contributed by atoms with Gasteiger partial charge in [0.1, 0.15) is 20.4 Å². The fourth-order valence-electron chi connectivity index (χ4n) is 4.63. The Bertz CT molecular complexity index is 1970. The Labute approximate surface area is 233 Å². The van der Waals surface area contributed by atoms with Gasteiger partial charge in [-0.3, -0.25) is 23.2 Å². The number of hydrogen-bond acceptors (Lipinski definition) is 9. The van der Waals surface area contributed by atoms with E-state index >= 15 is 0 Å². The van der Waals surface area contributed by atoms with E-state index in [-0.39, 0.29) is 51.0 Å². The van der Waals surface area contributed by atoms with Gasteiger partial charge in [-0.1, -0.05) is 24.6 Å². The second-order valence-corrected chi connectivity index (χ2v) is 13.3. The van der Waals surface area contributed by atoms with Gasteiger partial charge >= 0.3 is 5.97 Å². The molecule has 0 spiro atoms. The SMILES string of the molecule is O=C(O)CCCCCNC(=O)COc1cc(S(=O)(=O)O)c2ccc3c(S(=O)(=O)O)cc(S(=O)(=O)O)c4ccc1c2c43. The van der Waals surface area contributed by atoms with Crippen molar-refractivity contribution in [3.8, 4) is 5.75 Å². The summed E-state index contributed by atoms with van der Waals surface area (Å²) in [6.07, 6.45) is 1.48. The average molecular weight is 630 g/mol. The summed E-state index contributed by atoms with van der Waals surface area (Å²) < 4.78 is 108. The number of unbranched alkanes of at least 4 members (excludes halogenated alkanes) is 2. The van der Waals surface area contributed by atoms with Crippen LogP contribution < -0.4 is 10.1 Å². The number of rotatable bonds is 12. The maximum absolute atomic E-state index is 12.3. The third kappa shape index (κ3) is 6.34. The summed E-state index contributed by atoms with van der Waals surface area (Å²) in [5, 5.41) is 10.5. The molecule has 1 amide bonds. The lowest BCUT2D eigenvalue weighted by molar-refractivity contribution is -0.137. The summed E-state index contributed by atoms with van der Waals surface area (Å²) in [6.45, 7) is -0.399. The molecule has 0 aliphatic heterocycles. The quantitative estimate of drug-likeness (QED) is 0.0861. The third-order valence-electron chi connectivity index (χ3n) is 6.33. The van der Waals surface area contributed by atoms with E-state index in [1.807, 2.05) is 0 Å². The van der Waals surface area contributed by atoms with E-state index in [0.717, 1.165) is 18.2 Å². The van der Waals surface area contributed by atoms with Crippen molar-refractivity contribution in [2.75, 3.05) is 13.2 Å². The minimum atomic E-state index is -5.06. The molecule has 220 valence electrons. The Morgan fingerprint density at radius 1 is 0.683 bits per heavy atom. The van der Waals surface area contributed by atoms with Crippen LogP contribution in [0.15, 0.2) is 51.1 Å². The van der Waals surface area contributed by atoms with E-state index in [2.05, 4.69) is 5.32 Å². The number of aliphatic carboxylic acids is 1. The summed E-state index contributed by atoms with van der Waals surface area (Å²) in [7, 11) is -15.1. The lowest BCUT2D eigenvalue weighted by atomic mass is 9.93. The molecule has 4 aromatic carbocycles. The lowest BCUT2D eigenvalue weighted by Crippen LogP contribution is -2.29. The normalized spacial score (nSPS) is 12.8. The maximum Gasteiger partial charge on any atom is 0.303 e. The van der Waals surface area contributed by atoms with Gasteiger partial charge in [0.15, 0.2) is 6.61 Å². The standard InChI is InChI=1S/C24H23NO13S3/c26-21(25-9-3-1-2-4-22(27)28)12-38-17-10-18(39(29,30)31)14-7-8-16-20(41(35,36)37)11-19(40(32,33)34)15-6-5-13(17)23(14)24(15)16/h5-8,10-11H,1-4,9,12H2,(H,25,26)(H,27,28)(H,29,30,31)(H,32,33,34)(H,35,36,37). The van der Waals surface area contributed by atoms with Gasteiger partial charge in [0.25, 0.3) is 36.3 Å². The average Bonchev–Trinajstić information content (AvgIpc) is 2.85. The summed E-state index contributed by atoms with van der Waals surface area (Å²) in [6, 6.07) is 6.28. The molecule has 0 radical (unpaired) electrons. The number of benzene rings is 4. The molecule has 0 aliphatic carbocycles. The van der Waals surface area contributed by atoms with Crippen LogP contribution in [-0.4, -0.2) is 69.0 Å². The molecule has 41 heavy (non-hydrogen) atoms. The van der Waals surface area contributed by atoms with Crippen LogP contribution in [0, 0.1) is 0 Å². The maximum atomic E-state index is 12.3. The molecule has 0 aromatic heterocycles. The molecule has 17 heteroatoms. The van der Waals surface area contributed by atoms with E-state index in [1.54, 1.807) is 0 Å². The largest absolute Gasteiger partial charge is 0.483 e. The Hall–Kier alpha value is -3.61. The van der Waals surface area contributed by atoms with Gasteiger partial charge in [-0.05, 0) is 25.0 Å². The highest BCUT2D eigenvalue weighted by atomic mass is 32.2. The number of carbonyl (C=O) groups is 2. The number of amides is 1. The first kappa shape index (κ1) is 30.4. The summed E-state index contributed by atoms with van der Waals surface area (Å²) in [5.74, 6) is -1.77. The predicted molar refractivity (Wildman–Crippen MR) is 144 cm³/mol. The first-order chi connectivity index (χ1) is 19.0. The van der Waals surface area contributed by atoms with Crippen LogP contribution in [0.4, 0.5) is 0 Å². The second-order valence-electron chi connectivity index (χ2n) is 9.09. The Morgan fingerprint density at radius 3 is 1.63 bits per heavy atom. The van der Waals surface area contributed by atoms with Crippen molar-refractivity contribution in [1.82, 2.24) is 5.32 Å². The first-order valence-electron chi connectivity index (χ1n) is 11.8. The van der Waals surface area contributed by atoms with Crippen LogP contribution in [0.1, 0.15) is 25.7 Å². The molecule has 0 saturated carbocycles. The third-order valence-corrected chi connectivity index (χ3v) is 9.01. The Balaban J connectivity index is 1.84. The topological polar surface area (TPSA) is 239 Å². The fourth-order valence-corrected chi connectivity index (χ4v) is 6.83. The molecule has 0 atom stereocenters. The highest BCUT2D eigenvalue weighted by Gasteiger charge is 2.28. The summed E-state index contributed by atoms with van der Waals surface area (Å²) >= 11 is 0. The van der Waals surface area contributed by atoms with Gasteiger partial charge in [0.2, 0.25) is 0 Å². The molecular formula is C24H23NO13S3. The molecule has 0 saturated heterocycles. The number of carboxylic acid groups (broad SMARTS) is 1. The zero-order valence-electron chi connectivity index (χ0n) is 20.9. The van der Waals surface area contributed by atoms with Crippen LogP contribution in [0.3, 0.4) is 0 Å². The highest BCUT2D eigenvalue weighted by Crippen LogP contribution is 2.45. The van der Waals surface area contributed by atoms with Gasteiger partial charge in [0.05, 0.1) is 0 Å². The molecular weight excluding hydrogens is 606 g/mol. The van der Waals surface area contributed by atoms with E-state index in [4.69, 9.17) is 9.84 Å². The van der Waals surface area contributed by atoms with Crippen molar-refractivity contribution in [2.45, 2.75) is 40.4 Å². The van der Waals surface area contributed by atoms with E-state index in [0.29, 0.717) is 25.3 Å². The Kier molecular flexibility index (Phi) is 8.14. The van der Waals surface area contributed by atoms with Gasteiger partial charge in [-0.15, -0.1) is 0 Å². The van der Waals surface area contributed by atoms with Crippen molar-refractivity contribution < 1.29 is 58.3 Å². The smallest absolute Gasteiger partial charge is 0.303 e. The van der Waals surface area contributed by atoms with Gasteiger partial charge < -0.3 is 15.2 Å². The number of ether oxygens (including phenoxy) is 1. The van der Waals surface area contributed by atoms with Crippen LogP contribution in [0.25, 0.3) is 32.3 Å². The lowest BCUT2D eigenvalue weighted by Gasteiger charge is -2.19. The highest BCUT2D eigenvalue weighted by molar-refractivity contribution is 7.87. The van der Waals surface area contributed by atoms with E-state index in [1.165, 1.54) is 12.1 Å². The monoisotopic (exact) mass is 629 g/mol.